The topological polar surface area (TPSA) is 15.3 Å². The molecule has 1 heterocycles. The van der Waals surface area contributed by atoms with Crippen molar-refractivity contribution in [3.05, 3.63) is 34.9 Å². The minimum absolute atomic E-state index is 0.695. The lowest BCUT2D eigenvalue weighted by atomic mass is 10.0. The normalized spacial score (nSPS) is 19.5. The van der Waals surface area contributed by atoms with Crippen molar-refractivity contribution >= 4 is 0 Å². The highest BCUT2D eigenvalue weighted by molar-refractivity contribution is 5.33. The van der Waals surface area contributed by atoms with E-state index in [4.69, 9.17) is 0 Å². The van der Waals surface area contributed by atoms with Gasteiger partial charge in [0.1, 0.15) is 0 Å². The zero-order valence-electron chi connectivity index (χ0n) is 13.4. The SMILES string of the molecule is CCCN(Cc1cccc(C)c1C)CC1CCCCN1. The molecule has 2 nitrogen and oxygen atoms in total. The van der Waals surface area contributed by atoms with Crippen molar-refractivity contribution in [1.82, 2.24) is 10.2 Å². The van der Waals surface area contributed by atoms with Crippen LogP contribution in [0, 0.1) is 13.8 Å². The quantitative estimate of drug-likeness (QED) is 0.851. The molecule has 1 atom stereocenters. The first-order valence-corrected chi connectivity index (χ1v) is 8.21. The van der Waals surface area contributed by atoms with Gasteiger partial charge in [-0.25, -0.2) is 0 Å². The van der Waals surface area contributed by atoms with Gasteiger partial charge >= 0.3 is 0 Å². The highest BCUT2D eigenvalue weighted by Gasteiger charge is 2.17. The summed E-state index contributed by atoms with van der Waals surface area (Å²) in [6.45, 7) is 11.4. The molecule has 1 aromatic carbocycles. The van der Waals surface area contributed by atoms with Crippen molar-refractivity contribution < 1.29 is 0 Å². The van der Waals surface area contributed by atoms with E-state index in [1.165, 1.54) is 62.0 Å². The second-order valence-electron chi connectivity index (χ2n) is 6.24. The molecule has 2 heteroatoms. The van der Waals surface area contributed by atoms with Gasteiger partial charge in [-0.05, 0) is 62.9 Å². The fourth-order valence-corrected chi connectivity index (χ4v) is 3.17. The number of benzene rings is 1. The van der Waals surface area contributed by atoms with Gasteiger partial charge in [0, 0.05) is 19.1 Å². The first-order chi connectivity index (χ1) is 9.70. The van der Waals surface area contributed by atoms with Crippen LogP contribution in [-0.4, -0.2) is 30.6 Å². The van der Waals surface area contributed by atoms with E-state index in [9.17, 15) is 0 Å². The molecular weight excluding hydrogens is 244 g/mol. The molecule has 20 heavy (non-hydrogen) atoms. The van der Waals surface area contributed by atoms with E-state index in [0.29, 0.717) is 6.04 Å². The standard InChI is InChI=1S/C18H30N2/c1-4-12-20(14-18-10-5-6-11-19-18)13-17-9-7-8-15(2)16(17)3/h7-9,18-19H,4-6,10-14H2,1-3H3. The summed E-state index contributed by atoms with van der Waals surface area (Å²) in [6, 6.07) is 7.39. The van der Waals surface area contributed by atoms with Gasteiger partial charge in [0.2, 0.25) is 0 Å². The Hall–Kier alpha value is -0.860. The third-order valence-electron chi connectivity index (χ3n) is 4.54. The summed E-state index contributed by atoms with van der Waals surface area (Å²) in [5, 5.41) is 3.68. The summed E-state index contributed by atoms with van der Waals surface area (Å²) < 4.78 is 0. The van der Waals surface area contributed by atoms with Crippen LogP contribution >= 0.6 is 0 Å². The Morgan fingerprint density at radius 2 is 2.10 bits per heavy atom. The molecule has 0 amide bonds. The van der Waals surface area contributed by atoms with E-state index in [2.05, 4.69) is 49.2 Å². The van der Waals surface area contributed by atoms with Crippen LogP contribution in [0.5, 0.6) is 0 Å². The molecule has 1 saturated heterocycles. The summed E-state index contributed by atoms with van der Waals surface area (Å²) in [6.07, 6.45) is 5.31. The number of hydrogen-bond donors (Lipinski definition) is 1. The maximum absolute atomic E-state index is 3.68. The van der Waals surface area contributed by atoms with Crippen molar-refractivity contribution in [3.63, 3.8) is 0 Å². The summed E-state index contributed by atoms with van der Waals surface area (Å²) >= 11 is 0. The van der Waals surface area contributed by atoms with Gasteiger partial charge in [0.05, 0.1) is 0 Å². The molecule has 1 fully saturated rings. The molecule has 1 aliphatic rings. The molecule has 1 aliphatic heterocycles. The van der Waals surface area contributed by atoms with Gasteiger partial charge in [0.15, 0.2) is 0 Å². The van der Waals surface area contributed by atoms with E-state index in [1.54, 1.807) is 0 Å². The zero-order valence-corrected chi connectivity index (χ0v) is 13.4. The lowest BCUT2D eigenvalue weighted by molar-refractivity contribution is 0.217. The van der Waals surface area contributed by atoms with Crippen molar-refractivity contribution in [2.45, 2.75) is 59.0 Å². The fraction of sp³-hybridized carbons (Fsp3) is 0.667. The van der Waals surface area contributed by atoms with E-state index in [-0.39, 0.29) is 0 Å². The van der Waals surface area contributed by atoms with Gasteiger partial charge in [-0.1, -0.05) is 31.5 Å². The molecule has 1 N–H and O–H groups in total. The number of aryl methyl sites for hydroxylation is 1. The molecule has 112 valence electrons. The first-order valence-electron chi connectivity index (χ1n) is 8.21. The molecule has 0 radical (unpaired) electrons. The maximum Gasteiger partial charge on any atom is 0.0237 e. The average molecular weight is 274 g/mol. The molecule has 0 aromatic heterocycles. The molecular formula is C18H30N2. The number of piperidine rings is 1. The van der Waals surface area contributed by atoms with Crippen molar-refractivity contribution in [1.29, 1.82) is 0 Å². The summed E-state index contributed by atoms with van der Waals surface area (Å²) in [5.41, 5.74) is 4.37. The minimum atomic E-state index is 0.695. The van der Waals surface area contributed by atoms with Gasteiger partial charge in [-0.3, -0.25) is 4.90 Å². The third kappa shape index (κ3) is 4.32. The molecule has 0 saturated carbocycles. The highest BCUT2D eigenvalue weighted by atomic mass is 15.1. The maximum atomic E-state index is 3.68. The monoisotopic (exact) mass is 274 g/mol. The summed E-state index contributed by atoms with van der Waals surface area (Å²) in [7, 11) is 0. The van der Waals surface area contributed by atoms with Gasteiger partial charge < -0.3 is 5.32 Å². The molecule has 1 unspecified atom stereocenters. The van der Waals surface area contributed by atoms with E-state index < -0.39 is 0 Å². The van der Waals surface area contributed by atoms with Crippen LogP contribution in [0.1, 0.15) is 49.3 Å². The summed E-state index contributed by atoms with van der Waals surface area (Å²) in [4.78, 5) is 2.63. The first kappa shape index (κ1) is 15.5. The van der Waals surface area contributed by atoms with Crippen LogP contribution in [0.25, 0.3) is 0 Å². The van der Waals surface area contributed by atoms with Crippen LogP contribution in [0.4, 0.5) is 0 Å². The Kier molecular flexibility index (Phi) is 6.06. The Morgan fingerprint density at radius 3 is 2.80 bits per heavy atom. The molecule has 0 aliphatic carbocycles. The van der Waals surface area contributed by atoms with Crippen LogP contribution in [0.15, 0.2) is 18.2 Å². The van der Waals surface area contributed by atoms with E-state index >= 15 is 0 Å². The number of nitrogens with one attached hydrogen (secondary N) is 1. The predicted octanol–water partition coefficient (Wildman–Crippen LogP) is 3.66. The number of rotatable bonds is 6. The molecule has 1 aromatic rings. The van der Waals surface area contributed by atoms with Gasteiger partial charge in [0.25, 0.3) is 0 Å². The molecule has 0 spiro atoms. The second kappa shape index (κ2) is 7.80. The minimum Gasteiger partial charge on any atom is -0.313 e. The zero-order chi connectivity index (χ0) is 14.4. The third-order valence-corrected chi connectivity index (χ3v) is 4.54. The predicted molar refractivity (Wildman–Crippen MR) is 87.1 cm³/mol. The van der Waals surface area contributed by atoms with Crippen molar-refractivity contribution in [2.24, 2.45) is 0 Å². The molecule has 2 rings (SSSR count). The second-order valence-corrected chi connectivity index (χ2v) is 6.24. The van der Waals surface area contributed by atoms with Gasteiger partial charge in [-0.15, -0.1) is 0 Å². The van der Waals surface area contributed by atoms with E-state index in [0.717, 1.165) is 6.54 Å². The Morgan fingerprint density at radius 1 is 1.25 bits per heavy atom. The fourth-order valence-electron chi connectivity index (χ4n) is 3.17. The number of hydrogen-bond acceptors (Lipinski definition) is 2. The summed E-state index contributed by atoms with van der Waals surface area (Å²) in [5.74, 6) is 0. The smallest absolute Gasteiger partial charge is 0.0237 e. The average Bonchev–Trinajstić information content (AvgIpc) is 2.45. The van der Waals surface area contributed by atoms with E-state index in [1.807, 2.05) is 0 Å². The lowest BCUT2D eigenvalue weighted by Crippen LogP contribution is -2.43. The molecule has 0 bridgehead atoms. The number of nitrogens with zero attached hydrogens (tertiary/aromatic N) is 1. The Bertz CT molecular complexity index is 408. The van der Waals surface area contributed by atoms with Crippen LogP contribution in [0.3, 0.4) is 0 Å². The van der Waals surface area contributed by atoms with Crippen LogP contribution < -0.4 is 5.32 Å². The highest BCUT2D eigenvalue weighted by Crippen LogP contribution is 2.16. The Balaban J connectivity index is 1.98. The van der Waals surface area contributed by atoms with Crippen molar-refractivity contribution in [3.8, 4) is 0 Å². The van der Waals surface area contributed by atoms with Crippen LogP contribution in [0.2, 0.25) is 0 Å². The lowest BCUT2D eigenvalue weighted by Gasteiger charge is -2.31. The van der Waals surface area contributed by atoms with Gasteiger partial charge in [-0.2, -0.15) is 0 Å². The van der Waals surface area contributed by atoms with Crippen molar-refractivity contribution in [2.75, 3.05) is 19.6 Å². The largest absolute Gasteiger partial charge is 0.313 e. The Labute approximate surface area is 124 Å². The van der Waals surface area contributed by atoms with Crippen LogP contribution in [-0.2, 0) is 6.54 Å².